The number of ether oxygens (including phenoxy) is 1. The van der Waals surface area contributed by atoms with Crippen molar-refractivity contribution in [2.75, 3.05) is 12.8 Å². The van der Waals surface area contributed by atoms with Gasteiger partial charge in [-0.05, 0) is 49.6 Å². The number of methoxy groups -OCH3 is 1. The first-order valence-corrected chi connectivity index (χ1v) is 7.18. The van der Waals surface area contributed by atoms with E-state index in [1.807, 2.05) is 28.8 Å². The van der Waals surface area contributed by atoms with Gasteiger partial charge in [0.1, 0.15) is 5.75 Å². The molecule has 0 saturated heterocycles. The van der Waals surface area contributed by atoms with Gasteiger partial charge >= 0.3 is 0 Å². The number of anilines is 1. The van der Waals surface area contributed by atoms with Crippen molar-refractivity contribution in [2.45, 2.75) is 19.8 Å². The van der Waals surface area contributed by atoms with E-state index >= 15 is 0 Å². The molecule has 0 bridgehead atoms. The minimum absolute atomic E-state index is 0.130. The van der Waals surface area contributed by atoms with Crippen molar-refractivity contribution in [1.82, 2.24) is 9.38 Å². The number of hydrogen-bond acceptors (Lipinski definition) is 4. The number of aromatic nitrogens is 2. The van der Waals surface area contributed by atoms with E-state index in [-0.39, 0.29) is 5.75 Å². The van der Waals surface area contributed by atoms with E-state index in [4.69, 9.17) is 10.5 Å². The molecule has 5 nitrogen and oxygen atoms in total. The van der Waals surface area contributed by atoms with Crippen LogP contribution in [0.2, 0.25) is 0 Å². The Balaban J connectivity index is 1.87. The highest BCUT2D eigenvalue weighted by Gasteiger charge is 2.12. The zero-order valence-electron chi connectivity index (χ0n) is 12.7. The van der Waals surface area contributed by atoms with Crippen molar-refractivity contribution in [3.63, 3.8) is 0 Å². The van der Waals surface area contributed by atoms with Crippen molar-refractivity contribution < 1.29 is 9.84 Å². The molecule has 2 aromatic heterocycles. The molecule has 3 rings (SSSR count). The highest BCUT2D eigenvalue weighted by molar-refractivity contribution is 5.56. The van der Waals surface area contributed by atoms with Crippen LogP contribution in [0, 0.1) is 6.92 Å². The van der Waals surface area contributed by atoms with Crippen molar-refractivity contribution >= 4 is 11.3 Å². The predicted octanol–water partition coefficient (Wildman–Crippen LogP) is 2.72. The molecule has 0 aliphatic carbocycles. The molecular weight excluding hydrogens is 278 g/mol. The van der Waals surface area contributed by atoms with Crippen LogP contribution in [0.3, 0.4) is 0 Å². The number of aromatic hydroxyl groups is 1. The summed E-state index contributed by atoms with van der Waals surface area (Å²) in [5, 5.41) is 9.67. The normalized spacial score (nSPS) is 11.0. The Bertz CT molecular complexity index is 824. The van der Waals surface area contributed by atoms with E-state index in [1.165, 1.54) is 0 Å². The molecule has 1 aromatic carbocycles. The Hall–Kier alpha value is -2.69. The average molecular weight is 297 g/mol. The standard InChI is InChI=1S/C17H19N3O2/c1-11-14(8-6-12-5-7-13(18)15(21)10-12)19-17-16(22-2)4-3-9-20(11)17/h3-5,7,9-10,21H,6,8,18H2,1-2H3. The van der Waals surface area contributed by atoms with E-state index in [0.717, 1.165) is 41.2 Å². The molecule has 0 unspecified atom stereocenters. The van der Waals surface area contributed by atoms with Gasteiger partial charge in [-0.1, -0.05) is 6.07 Å². The van der Waals surface area contributed by atoms with Crippen LogP contribution >= 0.6 is 0 Å². The summed E-state index contributed by atoms with van der Waals surface area (Å²) < 4.78 is 7.39. The number of imidazole rings is 1. The lowest BCUT2D eigenvalue weighted by molar-refractivity contribution is 0.417. The largest absolute Gasteiger partial charge is 0.506 e. The van der Waals surface area contributed by atoms with Gasteiger partial charge in [-0.25, -0.2) is 4.98 Å². The first kappa shape index (κ1) is 14.3. The molecule has 0 fully saturated rings. The predicted molar refractivity (Wildman–Crippen MR) is 86.4 cm³/mol. The molecule has 5 heteroatoms. The van der Waals surface area contributed by atoms with Gasteiger partial charge in [0.15, 0.2) is 11.4 Å². The van der Waals surface area contributed by atoms with Crippen LogP contribution in [0.15, 0.2) is 36.5 Å². The van der Waals surface area contributed by atoms with E-state index < -0.39 is 0 Å². The topological polar surface area (TPSA) is 72.8 Å². The number of phenols is 1. The number of pyridine rings is 1. The second-order valence-electron chi connectivity index (χ2n) is 5.31. The van der Waals surface area contributed by atoms with Crippen LogP contribution in [0.1, 0.15) is 17.0 Å². The first-order valence-electron chi connectivity index (χ1n) is 7.18. The highest BCUT2D eigenvalue weighted by atomic mass is 16.5. The van der Waals surface area contributed by atoms with Crippen LogP contribution in [-0.4, -0.2) is 21.6 Å². The fraction of sp³-hybridized carbons (Fsp3) is 0.235. The van der Waals surface area contributed by atoms with Crippen LogP contribution in [0.5, 0.6) is 11.5 Å². The van der Waals surface area contributed by atoms with Gasteiger partial charge in [0.05, 0.1) is 18.5 Å². The summed E-state index contributed by atoms with van der Waals surface area (Å²) >= 11 is 0. The van der Waals surface area contributed by atoms with Gasteiger partial charge in [0, 0.05) is 11.9 Å². The molecule has 0 radical (unpaired) electrons. The number of nitrogens with zero attached hydrogens (tertiary/aromatic N) is 2. The van der Waals surface area contributed by atoms with Crippen LogP contribution in [-0.2, 0) is 12.8 Å². The quantitative estimate of drug-likeness (QED) is 0.573. The van der Waals surface area contributed by atoms with Gasteiger partial charge in [-0.15, -0.1) is 0 Å². The van der Waals surface area contributed by atoms with E-state index in [1.54, 1.807) is 19.2 Å². The molecule has 0 spiro atoms. The van der Waals surface area contributed by atoms with Gasteiger partial charge < -0.3 is 20.0 Å². The lowest BCUT2D eigenvalue weighted by Crippen LogP contribution is -1.95. The van der Waals surface area contributed by atoms with Crippen molar-refractivity contribution in [3.8, 4) is 11.5 Å². The second-order valence-corrected chi connectivity index (χ2v) is 5.31. The molecule has 22 heavy (non-hydrogen) atoms. The van der Waals surface area contributed by atoms with Gasteiger partial charge in [0.25, 0.3) is 0 Å². The molecule has 0 saturated carbocycles. The third kappa shape index (κ3) is 2.45. The lowest BCUT2D eigenvalue weighted by atomic mass is 10.1. The Morgan fingerprint density at radius 1 is 1.27 bits per heavy atom. The van der Waals surface area contributed by atoms with Gasteiger partial charge in [0.2, 0.25) is 0 Å². The van der Waals surface area contributed by atoms with E-state index in [0.29, 0.717) is 5.69 Å². The Morgan fingerprint density at radius 2 is 2.09 bits per heavy atom. The number of aryl methyl sites for hydroxylation is 3. The molecule has 3 N–H and O–H groups in total. The van der Waals surface area contributed by atoms with Crippen LogP contribution in [0.25, 0.3) is 5.65 Å². The average Bonchev–Trinajstić information content (AvgIpc) is 2.85. The third-order valence-electron chi connectivity index (χ3n) is 3.92. The SMILES string of the molecule is COc1cccn2c(C)c(CCc3ccc(N)c(O)c3)nc12. The van der Waals surface area contributed by atoms with Gasteiger partial charge in [-0.2, -0.15) is 0 Å². The summed E-state index contributed by atoms with van der Waals surface area (Å²) in [6.45, 7) is 2.05. The zero-order valence-corrected chi connectivity index (χ0v) is 12.7. The van der Waals surface area contributed by atoms with E-state index in [9.17, 15) is 5.11 Å². The fourth-order valence-corrected chi connectivity index (χ4v) is 2.61. The summed E-state index contributed by atoms with van der Waals surface area (Å²) in [5.74, 6) is 0.896. The molecule has 0 amide bonds. The summed E-state index contributed by atoms with van der Waals surface area (Å²) in [5.41, 5.74) is 10.0. The number of rotatable bonds is 4. The van der Waals surface area contributed by atoms with Gasteiger partial charge in [-0.3, -0.25) is 0 Å². The van der Waals surface area contributed by atoms with Crippen LogP contribution < -0.4 is 10.5 Å². The van der Waals surface area contributed by atoms with Crippen molar-refractivity contribution in [3.05, 3.63) is 53.5 Å². The second kappa shape index (κ2) is 5.60. The maximum atomic E-state index is 9.67. The first-order chi connectivity index (χ1) is 10.6. The zero-order chi connectivity index (χ0) is 15.7. The van der Waals surface area contributed by atoms with E-state index in [2.05, 4.69) is 11.9 Å². The summed E-state index contributed by atoms with van der Waals surface area (Å²) in [6, 6.07) is 9.22. The number of benzene rings is 1. The summed E-state index contributed by atoms with van der Waals surface area (Å²) in [4.78, 5) is 4.69. The number of nitrogens with two attached hydrogens (primary N) is 1. The van der Waals surface area contributed by atoms with Crippen molar-refractivity contribution in [1.29, 1.82) is 0 Å². The Labute approximate surface area is 129 Å². The lowest BCUT2D eigenvalue weighted by Gasteiger charge is -2.04. The Morgan fingerprint density at radius 3 is 2.82 bits per heavy atom. The molecule has 2 heterocycles. The highest BCUT2D eigenvalue weighted by Crippen LogP contribution is 2.24. The molecular formula is C17H19N3O2. The number of hydrogen-bond donors (Lipinski definition) is 2. The fourth-order valence-electron chi connectivity index (χ4n) is 2.61. The molecule has 0 atom stereocenters. The Kier molecular flexibility index (Phi) is 3.63. The molecule has 114 valence electrons. The number of fused-ring (bicyclic) bond motifs is 1. The summed E-state index contributed by atoms with van der Waals surface area (Å²) in [7, 11) is 1.65. The van der Waals surface area contributed by atoms with Crippen LogP contribution in [0.4, 0.5) is 5.69 Å². The monoisotopic (exact) mass is 297 g/mol. The summed E-state index contributed by atoms with van der Waals surface area (Å²) in [6.07, 6.45) is 3.57. The maximum absolute atomic E-state index is 9.67. The maximum Gasteiger partial charge on any atom is 0.180 e. The molecule has 0 aliphatic heterocycles. The third-order valence-corrected chi connectivity index (χ3v) is 3.92. The smallest absolute Gasteiger partial charge is 0.180 e. The molecule has 0 aliphatic rings. The minimum Gasteiger partial charge on any atom is -0.506 e. The van der Waals surface area contributed by atoms with Crippen molar-refractivity contribution in [2.24, 2.45) is 0 Å². The minimum atomic E-state index is 0.130. The molecule has 3 aromatic rings. The number of phenolic OH excluding ortho intramolecular Hbond substituents is 1. The number of nitrogen functional groups attached to an aromatic ring is 1.